The molecule has 1 saturated heterocycles. The fourth-order valence-electron chi connectivity index (χ4n) is 4.69. The Balaban J connectivity index is 1.39. The average Bonchev–Trinajstić information content (AvgIpc) is 3.19. The fourth-order valence-corrected chi connectivity index (χ4v) is 4.69. The summed E-state index contributed by atoms with van der Waals surface area (Å²) in [7, 11) is 2.18. The highest BCUT2D eigenvalue weighted by atomic mass is 16.1. The van der Waals surface area contributed by atoms with E-state index in [1.807, 2.05) is 24.5 Å². The van der Waals surface area contributed by atoms with Gasteiger partial charge in [-0.15, -0.1) is 0 Å². The predicted molar refractivity (Wildman–Crippen MR) is 123 cm³/mol. The minimum atomic E-state index is -0.104. The maximum Gasteiger partial charge on any atom is 0.251 e. The standard InChI is InChI=1S/C24H30N6O/c1-24(2)14-28-22(31)17-5-4-16(10-20(17)24)18-12-25-21-19(18)13-27-23(29-21)26-11-15-6-8-30(3)9-7-15/h4-5,10,12-13,15H,6-9,11,14H2,1-3H3,(H,28,31)(H2,25,26,27,29). The van der Waals surface area contributed by atoms with Crippen molar-refractivity contribution >= 4 is 22.9 Å². The molecule has 7 nitrogen and oxygen atoms in total. The summed E-state index contributed by atoms with van der Waals surface area (Å²) in [6.45, 7) is 8.20. The number of carbonyl (C=O) groups excluding carboxylic acids is 1. The zero-order valence-corrected chi connectivity index (χ0v) is 18.5. The van der Waals surface area contributed by atoms with E-state index < -0.39 is 0 Å². The molecule has 5 rings (SSSR count). The lowest BCUT2D eigenvalue weighted by atomic mass is 9.78. The van der Waals surface area contributed by atoms with Crippen LogP contribution in [0.4, 0.5) is 5.95 Å². The topological polar surface area (TPSA) is 85.9 Å². The maximum absolute atomic E-state index is 12.3. The Kier molecular flexibility index (Phi) is 4.93. The number of nitrogens with zero attached hydrogens (tertiary/aromatic N) is 3. The fraction of sp³-hybridized carbons (Fsp3) is 0.458. The first-order chi connectivity index (χ1) is 14.9. The van der Waals surface area contributed by atoms with Crippen LogP contribution in [0.1, 0.15) is 42.6 Å². The van der Waals surface area contributed by atoms with Crippen LogP contribution in [0.2, 0.25) is 0 Å². The number of aromatic amines is 1. The Hall–Kier alpha value is -2.93. The summed E-state index contributed by atoms with van der Waals surface area (Å²) in [5, 5.41) is 7.39. The molecule has 0 spiro atoms. The molecular weight excluding hydrogens is 388 g/mol. The summed E-state index contributed by atoms with van der Waals surface area (Å²) in [4.78, 5) is 27.2. The van der Waals surface area contributed by atoms with E-state index in [1.54, 1.807) is 0 Å². The summed E-state index contributed by atoms with van der Waals surface area (Å²) >= 11 is 0. The molecule has 0 saturated carbocycles. The summed E-state index contributed by atoms with van der Waals surface area (Å²) in [5.41, 5.74) is 4.69. The van der Waals surface area contributed by atoms with Crippen LogP contribution in [-0.4, -0.2) is 59.0 Å². The van der Waals surface area contributed by atoms with E-state index in [1.165, 1.54) is 12.8 Å². The molecule has 2 aromatic heterocycles. The molecule has 7 heteroatoms. The zero-order valence-electron chi connectivity index (χ0n) is 18.5. The minimum absolute atomic E-state index is 0.00321. The van der Waals surface area contributed by atoms with E-state index in [4.69, 9.17) is 4.98 Å². The predicted octanol–water partition coefficient (Wildman–Crippen LogP) is 3.40. The van der Waals surface area contributed by atoms with Gasteiger partial charge in [-0.3, -0.25) is 4.79 Å². The van der Waals surface area contributed by atoms with Crippen molar-refractivity contribution in [2.45, 2.75) is 32.1 Å². The van der Waals surface area contributed by atoms with E-state index in [0.717, 1.165) is 52.9 Å². The molecular formula is C24H30N6O. The van der Waals surface area contributed by atoms with Gasteiger partial charge in [0, 0.05) is 47.4 Å². The van der Waals surface area contributed by atoms with Gasteiger partial charge in [0.05, 0.1) is 0 Å². The van der Waals surface area contributed by atoms with Crippen LogP contribution in [0.5, 0.6) is 0 Å². The molecule has 1 amide bonds. The molecule has 3 aromatic rings. The number of nitrogens with one attached hydrogen (secondary N) is 3. The number of carbonyl (C=O) groups is 1. The molecule has 1 aromatic carbocycles. The van der Waals surface area contributed by atoms with Gasteiger partial charge in [-0.25, -0.2) is 4.98 Å². The van der Waals surface area contributed by atoms with Crippen LogP contribution in [0.15, 0.2) is 30.6 Å². The van der Waals surface area contributed by atoms with E-state index >= 15 is 0 Å². The molecule has 0 aliphatic carbocycles. The molecule has 1 fully saturated rings. The number of hydrogen-bond donors (Lipinski definition) is 3. The van der Waals surface area contributed by atoms with Gasteiger partial charge < -0.3 is 20.5 Å². The normalized spacial score (nSPS) is 19.3. The Bertz CT molecular complexity index is 1130. The van der Waals surface area contributed by atoms with Crippen molar-refractivity contribution in [2.24, 2.45) is 5.92 Å². The number of piperidine rings is 1. The Morgan fingerprint density at radius 2 is 2.03 bits per heavy atom. The van der Waals surface area contributed by atoms with Gasteiger partial charge >= 0.3 is 0 Å². The lowest BCUT2D eigenvalue weighted by molar-refractivity contribution is 0.0930. The number of rotatable bonds is 4. The first-order valence-corrected chi connectivity index (χ1v) is 11.1. The van der Waals surface area contributed by atoms with E-state index in [9.17, 15) is 4.79 Å². The molecule has 162 valence electrons. The first-order valence-electron chi connectivity index (χ1n) is 11.1. The molecule has 3 N–H and O–H groups in total. The van der Waals surface area contributed by atoms with Crippen LogP contribution < -0.4 is 10.6 Å². The largest absolute Gasteiger partial charge is 0.354 e. The molecule has 0 radical (unpaired) electrons. The van der Waals surface area contributed by atoms with Gasteiger partial charge in [-0.05, 0) is 62.2 Å². The number of likely N-dealkylation sites (tertiary alicyclic amines) is 1. The zero-order chi connectivity index (χ0) is 21.6. The smallest absolute Gasteiger partial charge is 0.251 e. The Labute approximate surface area is 182 Å². The van der Waals surface area contributed by atoms with Crippen molar-refractivity contribution in [3.8, 4) is 11.1 Å². The third kappa shape index (κ3) is 3.78. The van der Waals surface area contributed by atoms with E-state index in [2.05, 4.69) is 52.5 Å². The third-order valence-electron chi connectivity index (χ3n) is 6.81. The summed E-state index contributed by atoms with van der Waals surface area (Å²) in [6.07, 6.45) is 6.30. The van der Waals surface area contributed by atoms with Gasteiger partial charge in [0.2, 0.25) is 5.95 Å². The maximum atomic E-state index is 12.3. The summed E-state index contributed by atoms with van der Waals surface area (Å²) < 4.78 is 0. The average molecular weight is 419 g/mol. The molecule has 2 aliphatic rings. The Morgan fingerprint density at radius 1 is 1.23 bits per heavy atom. The number of amides is 1. The van der Waals surface area contributed by atoms with Crippen molar-refractivity contribution in [1.29, 1.82) is 0 Å². The van der Waals surface area contributed by atoms with E-state index in [-0.39, 0.29) is 11.3 Å². The monoisotopic (exact) mass is 418 g/mol. The van der Waals surface area contributed by atoms with Crippen molar-refractivity contribution < 1.29 is 4.79 Å². The van der Waals surface area contributed by atoms with Gasteiger partial charge in [0.15, 0.2) is 0 Å². The van der Waals surface area contributed by atoms with Crippen LogP contribution in [0.25, 0.3) is 22.2 Å². The van der Waals surface area contributed by atoms with Gasteiger partial charge in [0.1, 0.15) is 5.65 Å². The highest BCUT2D eigenvalue weighted by Crippen LogP contribution is 2.35. The lowest BCUT2D eigenvalue weighted by Crippen LogP contribution is -2.43. The molecule has 2 aliphatic heterocycles. The van der Waals surface area contributed by atoms with Crippen molar-refractivity contribution in [2.75, 3.05) is 38.5 Å². The quantitative estimate of drug-likeness (QED) is 0.605. The molecule has 0 atom stereocenters. The summed E-state index contributed by atoms with van der Waals surface area (Å²) in [6, 6.07) is 6.08. The minimum Gasteiger partial charge on any atom is -0.354 e. The molecule has 4 heterocycles. The SMILES string of the molecule is CN1CCC(CNc2ncc3c(-c4ccc5c(c4)C(C)(C)CNC5=O)c[nH]c3n2)CC1. The second-order valence-electron chi connectivity index (χ2n) is 9.61. The number of benzene rings is 1. The molecule has 31 heavy (non-hydrogen) atoms. The van der Waals surface area contributed by atoms with E-state index in [0.29, 0.717) is 18.4 Å². The van der Waals surface area contributed by atoms with Crippen molar-refractivity contribution in [3.63, 3.8) is 0 Å². The van der Waals surface area contributed by atoms with Crippen LogP contribution in [-0.2, 0) is 5.41 Å². The van der Waals surface area contributed by atoms with Gasteiger partial charge in [-0.2, -0.15) is 4.98 Å². The third-order valence-corrected chi connectivity index (χ3v) is 6.81. The highest BCUT2D eigenvalue weighted by molar-refractivity contribution is 5.99. The second kappa shape index (κ2) is 7.64. The number of H-pyrrole nitrogens is 1. The van der Waals surface area contributed by atoms with Crippen molar-refractivity contribution in [3.05, 3.63) is 41.7 Å². The van der Waals surface area contributed by atoms with Crippen LogP contribution in [0.3, 0.4) is 0 Å². The van der Waals surface area contributed by atoms with Crippen molar-refractivity contribution in [1.82, 2.24) is 25.2 Å². The van der Waals surface area contributed by atoms with Gasteiger partial charge in [-0.1, -0.05) is 19.9 Å². The summed E-state index contributed by atoms with van der Waals surface area (Å²) in [5.74, 6) is 1.34. The Morgan fingerprint density at radius 3 is 2.84 bits per heavy atom. The number of hydrogen-bond acceptors (Lipinski definition) is 5. The second-order valence-corrected chi connectivity index (χ2v) is 9.61. The highest BCUT2D eigenvalue weighted by Gasteiger charge is 2.31. The molecule has 0 bridgehead atoms. The van der Waals surface area contributed by atoms with Crippen LogP contribution >= 0.6 is 0 Å². The molecule has 0 unspecified atom stereocenters. The lowest BCUT2D eigenvalue weighted by Gasteiger charge is -2.32. The first kappa shape index (κ1) is 20.0. The number of aromatic nitrogens is 3. The number of fused-ring (bicyclic) bond motifs is 2. The van der Waals surface area contributed by atoms with Crippen LogP contribution in [0, 0.1) is 5.92 Å². The number of anilines is 1. The van der Waals surface area contributed by atoms with Gasteiger partial charge in [0.25, 0.3) is 5.91 Å².